The number of nitrogens with two attached hydrogens (primary N) is 1. The zero-order valence-corrected chi connectivity index (χ0v) is 10.9. The Balaban J connectivity index is 1.93. The first-order chi connectivity index (χ1) is 8.70. The van der Waals surface area contributed by atoms with Crippen LogP contribution in [0.5, 0.6) is 5.75 Å². The summed E-state index contributed by atoms with van der Waals surface area (Å²) in [5.74, 6) is 1.69. The molecular weight excluding hydrogens is 226 g/mol. The van der Waals surface area contributed by atoms with Gasteiger partial charge in [0.25, 0.3) is 0 Å². The van der Waals surface area contributed by atoms with Crippen molar-refractivity contribution in [1.29, 1.82) is 0 Å². The number of hydrogen-bond donors (Lipinski definition) is 1. The number of Topliss-reactive ketones (excluding diaryl/α,β-unsaturated/α-hetero) is 1. The first kappa shape index (κ1) is 13.1. The maximum absolute atomic E-state index is 12.1. The highest BCUT2D eigenvalue weighted by Gasteiger charge is 2.15. The predicted molar refractivity (Wildman–Crippen MR) is 72.0 cm³/mol. The fourth-order valence-corrected chi connectivity index (χ4v) is 2.31. The van der Waals surface area contributed by atoms with Gasteiger partial charge in [-0.25, -0.2) is 0 Å². The lowest BCUT2D eigenvalue weighted by Crippen LogP contribution is -2.08. The van der Waals surface area contributed by atoms with Crippen LogP contribution in [0, 0.1) is 5.92 Å². The highest BCUT2D eigenvalue weighted by molar-refractivity contribution is 5.96. The molecule has 1 aliphatic heterocycles. The number of ether oxygens (including phenoxy) is 1. The van der Waals surface area contributed by atoms with Gasteiger partial charge in [-0.1, -0.05) is 6.92 Å². The molecule has 1 aromatic carbocycles. The lowest BCUT2D eigenvalue weighted by atomic mass is 9.96. The van der Waals surface area contributed by atoms with Crippen LogP contribution < -0.4 is 10.5 Å². The molecule has 18 heavy (non-hydrogen) atoms. The van der Waals surface area contributed by atoms with Gasteiger partial charge in [0.05, 0.1) is 6.61 Å². The van der Waals surface area contributed by atoms with Gasteiger partial charge in [0, 0.05) is 18.4 Å². The average Bonchev–Trinajstić information content (AvgIpc) is 2.83. The fourth-order valence-electron chi connectivity index (χ4n) is 2.31. The van der Waals surface area contributed by atoms with Gasteiger partial charge in [0.2, 0.25) is 0 Å². The van der Waals surface area contributed by atoms with Gasteiger partial charge in [-0.3, -0.25) is 4.79 Å². The lowest BCUT2D eigenvalue weighted by Gasteiger charge is -2.09. The molecule has 0 saturated heterocycles. The zero-order valence-electron chi connectivity index (χ0n) is 10.9. The largest absolute Gasteiger partial charge is 0.493 e. The summed E-state index contributed by atoms with van der Waals surface area (Å²) >= 11 is 0. The Labute approximate surface area is 108 Å². The Morgan fingerprint density at radius 3 is 3.06 bits per heavy atom. The van der Waals surface area contributed by atoms with Crippen LogP contribution in [0.25, 0.3) is 0 Å². The van der Waals surface area contributed by atoms with Gasteiger partial charge in [-0.05, 0) is 49.1 Å². The first-order valence-corrected chi connectivity index (χ1v) is 6.69. The van der Waals surface area contributed by atoms with E-state index in [0.717, 1.165) is 42.7 Å². The molecule has 0 spiro atoms. The molecule has 2 rings (SSSR count). The molecule has 2 N–H and O–H groups in total. The number of fused-ring (bicyclic) bond motifs is 1. The Morgan fingerprint density at radius 2 is 2.28 bits per heavy atom. The van der Waals surface area contributed by atoms with Crippen LogP contribution >= 0.6 is 0 Å². The maximum Gasteiger partial charge on any atom is 0.162 e. The summed E-state index contributed by atoms with van der Waals surface area (Å²) < 4.78 is 5.44. The smallest absolute Gasteiger partial charge is 0.162 e. The van der Waals surface area contributed by atoms with E-state index in [1.807, 2.05) is 18.2 Å². The third-order valence-electron chi connectivity index (χ3n) is 3.54. The third kappa shape index (κ3) is 3.10. The molecule has 0 aromatic heterocycles. The number of hydrogen-bond acceptors (Lipinski definition) is 3. The lowest BCUT2D eigenvalue weighted by molar-refractivity contribution is 0.0974. The van der Waals surface area contributed by atoms with Crippen molar-refractivity contribution in [3.8, 4) is 5.75 Å². The SMILES string of the molecule is CC(CCN)CCC(=O)c1ccc2c(c1)CCO2. The molecular formula is C15H21NO2. The Morgan fingerprint density at radius 1 is 1.44 bits per heavy atom. The van der Waals surface area contributed by atoms with Gasteiger partial charge in [0.15, 0.2) is 5.78 Å². The molecule has 0 radical (unpaired) electrons. The van der Waals surface area contributed by atoms with E-state index >= 15 is 0 Å². The van der Waals surface area contributed by atoms with Crippen molar-refractivity contribution in [3.63, 3.8) is 0 Å². The quantitative estimate of drug-likeness (QED) is 0.786. The second-order valence-corrected chi connectivity index (χ2v) is 5.07. The standard InChI is InChI=1S/C15H21NO2/c1-11(6-8-16)2-4-14(17)12-3-5-15-13(10-12)7-9-18-15/h3,5,10-11H,2,4,6-9,16H2,1H3. The number of rotatable bonds is 6. The topological polar surface area (TPSA) is 52.3 Å². The molecule has 1 heterocycles. The van der Waals surface area contributed by atoms with E-state index in [1.165, 1.54) is 0 Å². The van der Waals surface area contributed by atoms with Gasteiger partial charge in [0.1, 0.15) is 5.75 Å². The molecule has 0 aliphatic carbocycles. The van der Waals surface area contributed by atoms with E-state index in [1.54, 1.807) is 0 Å². The Bertz CT molecular complexity index is 429. The minimum absolute atomic E-state index is 0.230. The van der Waals surface area contributed by atoms with Crippen LogP contribution in [0.2, 0.25) is 0 Å². The van der Waals surface area contributed by atoms with Crippen LogP contribution in [0.1, 0.15) is 42.1 Å². The molecule has 0 saturated carbocycles. The summed E-state index contributed by atoms with van der Waals surface area (Å²) in [5.41, 5.74) is 7.49. The van der Waals surface area contributed by atoms with Crippen molar-refractivity contribution < 1.29 is 9.53 Å². The normalized spacial score (nSPS) is 15.0. The van der Waals surface area contributed by atoms with Crippen LogP contribution in [0.4, 0.5) is 0 Å². The molecule has 3 heteroatoms. The van der Waals surface area contributed by atoms with E-state index in [-0.39, 0.29) is 5.78 Å². The number of carbonyl (C=O) groups excluding carboxylic acids is 1. The molecule has 1 aliphatic rings. The second-order valence-electron chi connectivity index (χ2n) is 5.07. The van der Waals surface area contributed by atoms with Gasteiger partial charge in [-0.15, -0.1) is 0 Å². The van der Waals surface area contributed by atoms with Crippen molar-refractivity contribution in [2.75, 3.05) is 13.2 Å². The van der Waals surface area contributed by atoms with E-state index in [9.17, 15) is 4.79 Å². The zero-order chi connectivity index (χ0) is 13.0. The second kappa shape index (κ2) is 6.01. The fraction of sp³-hybridized carbons (Fsp3) is 0.533. The molecule has 1 aromatic rings. The van der Waals surface area contributed by atoms with E-state index < -0.39 is 0 Å². The summed E-state index contributed by atoms with van der Waals surface area (Å²) in [5, 5.41) is 0. The molecule has 0 amide bonds. The maximum atomic E-state index is 12.1. The average molecular weight is 247 g/mol. The summed E-state index contributed by atoms with van der Waals surface area (Å²) in [6, 6.07) is 5.78. The van der Waals surface area contributed by atoms with Crippen molar-refractivity contribution in [1.82, 2.24) is 0 Å². The highest BCUT2D eigenvalue weighted by atomic mass is 16.5. The van der Waals surface area contributed by atoms with Crippen molar-refractivity contribution >= 4 is 5.78 Å². The predicted octanol–water partition coefficient (Wildman–Crippen LogP) is 2.57. The minimum atomic E-state index is 0.230. The Kier molecular flexibility index (Phi) is 4.37. The molecule has 3 nitrogen and oxygen atoms in total. The van der Waals surface area contributed by atoms with E-state index in [4.69, 9.17) is 10.5 Å². The van der Waals surface area contributed by atoms with Crippen LogP contribution in [-0.2, 0) is 6.42 Å². The van der Waals surface area contributed by atoms with Crippen LogP contribution in [0.3, 0.4) is 0 Å². The van der Waals surface area contributed by atoms with E-state index in [2.05, 4.69) is 6.92 Å². The van der Waals surface area contributed by atoms with Crippen LogP contribution in [-0.4, -0.2) is 18.9 Å². The molecule has 98 valence electrons. The number of ketones is 1. The van der Waals surface area contributed by atoms with Gasteiger partial charge < -0.3 is 10.5 Å². The van der Waals surface area contributed by atoms with Crippen molar-refractivity contribution in [2.24, 2.45) is 11.7 Å². The minimum Gasteiger partial charge on any atom is -0.493 e. The molecule has 1 unspecified atom stereocenters. The van der Waals surface area contributed by atoms with E-state index in [0.29, 0.717) is 18.9 Å². The summed E-state index contributed by atoms with van der Waals surface area (Å²) in [6.07, 6.45) is 3.44. The summed E-state index contributed by atoms with van der Waals surface area (Å²) in [6.45, 7) is 3.59. The Hall–Kier alpha value is -1.35. The van der Waals surface area contributed by atoms with Crippen LogP contribution in [0.15, 0.2) is 18.2 Å². The molecule has 1 atom stereocenters. The number of benzene rings is 1. The molecule has 0 fully saturated rings. The van der Waals surface area contributed by atoms with Crippen molar-refractivity contribution in [3.05, 3.63) is 29.3 Å². The third-order valence-corrected chi connectivity index (χ3v) is 3.54. The first-order valence-electron chi connectivity index (χ1n) is 6.69. The van der Waals surface area contributed by atoms with Crippen molar-refractivity contribution in [2.45, 2.75) is 32.6 Å². The summed E-state index contributed by atoms with van der Waals surface area (Å²) in [4.78, 5) is 12.1. The number of carbonyl (C=O) groups is 1. The van der Waals surface area contributed by atoms with Gasteiger partial charge in [-0.2, -0.15) is 0 Å². The molecule has 0 bridgehead atoms. The highest BCUT2D eigenvalue weighted by Crippen LogP contribution is 2.26. The summed E-state index contributed by atoms with van der Waals surface area (Å²) in [7, 11) is 0. The van der Waals surface area contributed by atoms with Gasteiger partial charge >= 0.3 is 0 Å². The monoisotopic (exact) mass is 247 g/mol.